The van der Waals surface area contributed by atoms with Gasteiger partial charge in [-0.25, -0.2) is 0 Å². The molecule has 0 bridgehead atoms. The molecule has 2 rings (SSSR count). The maximum Gasteiger partial charge on any atom is 0.251 e. The number of hydrogen-bond acceptors (Lipinski definition) is 4. The first-order chi connectivity index (χ1) is 10.3. The van der Waals surface area contributed by atoms with Gasteiger partial charge in [0.2, 0.25) is 0 Å². The van der Waals surface area contributed by atoms with Gasteiger partial charge < -0.3 is 14.8 Å². The molecule has 0 spiro atoms. The van der Waals surface area contributed by atoms with Gasteiger partial charge in [-0.2, -0.15) is 0 Å². The van der Waals surface area contributed by atoms with Crippen molar-refractivity contribution in [2.75, 3.05) is 6.54 Å². The van der Waals surface area contributed by atoms with Gasteiger partial charge in [-0.1, -0.05) is 12.1 Å². The van der Waals surface area contributed by atoms with Crippen LogP contribution in [0.15, 0.2) is 40.8 Å². The first kappa shape index (κ1) is 16.0. The lowest BCUT2D eigenvalue weighted by atomic mass is 10.0. The summed E-state index contributed by atoms with van der Waals surface area (Å²) in [6.45, 7) is 4.85. The van der Waals surface area contributed by atoms with E-state index >= 15 is 0 Å². The van der Waals surface area contributed by atoms with Crippen LogP contribution >= 0.6 is 0 Å². The van der Waals surface area contributed by atoms with E-state index in [-0.39, 0.29) is 18.2 Å². The number of ketones is 1. The molecule has 22 heavy (non-hydrogen) atoms. The van der Waals surface area contributed by atoms with Crippen molar-refractivity contribution in [3.8, 4) is 0 Å². The van der Waals surface area contributed by atoms with Crippen molar-refractivity contribution in [3.05, 3.63) is 59.0 Å². The number of hydrogen-bond donors (Lipinski definition) is 2. The number of benzene rings is 1. The van der Waals surface area contributed by atoms with Crippen molar-refractivity contribution in [3.63, 3.8) is 0 Å². The van der Waals surface area contributed by atoms with E-state index in [0.29, 0.717) is 22.6 Å². The molecule has 0 aliphatic heterocycles. The van der Waals surface area contributed by atoms with E-state index in [2.05, 4.69) is 5.32 Å². The lowest BCUT2D eigenvalue weighted by molar-refractivity contribution is 0.0323. The molecule has 2 N–H and O–H groups in total. The zero-order valence-corrected chi connectivity index (χ0v) is 12.8. The van der Waals surface area contributed by atoms with E-state index in [0.717, 1.165) is 0 Å². The van der Waals surface area contributed by atoms with E-state index in [1.807, 2.05) is 0 Å². The molecular formula is C17H19NO4. The molecule has 1 aromatic carbocycles. The van der Waals surface area contributed by atoms with Crippen molar-refractivity contribution in [2.45, 2.75) is 26.4 Å². The van der Waals surface area contributed by atoms with Crippen molar-refractivity contribution in [1.29, 1.82) is 0 Å². The van der Waals surface area contributed by atoms with Crippen LogP contribution in [0.3, 0.4) is 0 Å². The summed E-state index contributed by atoms with van der Waals surface area (Å²) in [7, 11) is 0. The fraction of sp³-hybridized carbons (Fsp3) is 0.294. The van der Waals surface area contributed by atoms with Crippen LogP contribution in [-0.4, -0.2) is 23.3 Å². The summed E-state index contributed by atoms with van der Waals surface area (Å²) in [4.78, 5) is 23.3. The summed E-state index contributed by atoms with van der Waals surface area (Å²) < 4.78 is 5.39. The minimum absolute atomic E-state index is 0.0211. The van der Waals surface area contributed by atoms with Crippen molar-refractivity contribution in [1.82, 2.24) is 5.32 Å². The Morgan fingerprint density at radius 2 is 1.73 bits per heavy atom. The number of Topliss-reactive ketones (excluding diaryl/α,β-unsaturated/α-hetero) is 1. The lowest BCUT2D eigenvalue weighted by Crippen LogP contribution is -2.38. The third kappa shape index (κ3) is 3.62. The highest BCUT2D eigenvalue weighted by Crippen LogP contribution is 2.22. The number of nitrogens with one attached hydrogen (secondary N) is 1. The smallest absolute Gasteiger partial charge is 0.251 e. The predicted molar refractivity (Wildman–Crippen MR) is 81.8 cm³/mol. The Bertz CT molecular complexity index is 683. The predicted octanol–water partition coefficient (Wildman–Crippen LogP) is 2.43. The van der Waals surface area contributed by atoms with Crippen LogP contribution in [0.25, 0.3) is 0 Å². The van der Waals surface area contributed by atoms with Crippen molar-refractivity contribution < 1.29 is 19.1 Å². The van der Waals surface area contributed by atoms with Crippen LogP contribution < -0.4 is 5.32 Å². The summed E-state index contributed by atoms with van der Waals surface area (Å²) in [6.07, 6.45) is 0. The van der Waals surface area contributed by atoms with Gasteiger partial charge in [-0.15, -0.1) is 0 Å². The Hall–Kier alpha value is -2.40. The van der Waals surface area contributed by atoms with Gasteiger partial charge in [0.15, 0.2) is 5.78 Å². The zero-order valence-electron chi connectivity index (χ0n) is 12.8. The molecule has 0 aliphatic rings. The number of aliphatic hydroxyl groups is 1. The molecule has 0 aliphatic carbocycles. The number of carbonyl (C=O) groups excluding carboxylic acids is 2. The molecule has 2 aromatic rings. The van der Waals surface area contributed by atoms with E-state index in [9.17, 15) is 14.7 Å². The largest absolute Gasteiger partial charge is 0.463 e. The molecule has 5 nitrogen and oxygen atoms in total. The third-order valence-electron chi connectivity index (χ3n) is 3.42. The van der Waals surface area contributed by atoms with Gasteiger partial charge in [0.25, 0.3) is 5.91 Å². The van der Waals surface area contributed by atoms with E-state index < -0.39 is 5.60 Å². The summed E-state index contributed by atoms with van der Waals surface area (Å²) in [5.74, 6) is 0.723. The number of carbonyl (C=O) groups is 2. The number of furan rings is 1. The van der Waals surface area contributed by atoms with Crippen molar-refractivity contribution in [2.24, 2.45) is 0 Å². The Kier molecular flexibility index (Phi) is 4.47. The van der Waals surface area contributed by atoms with Gasteiger partial charge in [-0.05, 0) is 45.0 Å². The highest BCUT2D eigenvalue weighted by molar-refractivity contribution is 5.97. The summed E-state index contributed by atoms with van der Waals surface area (Å²) >= 11 is 0. The molecule has 116 valence electrons. The Morgan fingerprint density at radius 3 is 2.23 bits per heavy atom. The average molecular weight is 301 g/mol. The Balaban J connectivity index is 2.01. The molecule has 0 radical (unpaired) electrons. The maximum atomic E-state index is 12.1. The van der Waals surface area contributed by atoms with Crippen LogP contribution in [0, 0.1) is 6.92 Å². The third-order valence-corrected chi connectivity index (χ3v) is 3.42. The molecule has 5 heteroatoms. The monoisotopic (exact) mass is 301 g/mol. The highest BCUT2D eigenvalue weighted by Gasteiger charge is 2.27. The Morgan fingerprint density at radius 1 is 1.14 bits per heavy atom. The van der Waals surface area contributed by atoms with Crippen LogP contribution in [0.5, 0.6) is 0 Å². The van der Waals surface area contributed by atoms with Crippen LogP contribution in [0.4, 0.5) is 0 Å². The molecule has 0 saturated carbocycles. The summed E-state index contributed by atoms with van der Waals surface area (Å²) in [6, 6.07) is 9.81. The van der Waals surface area contributed by atoms with Gasteiger partial charge in [0, 0.05) is 11.1 Å². The van der Waals surface area contributed by atoms with Gasteiger partial charge in [0.05, 0.1) is 6.54 Å². The Labute approximate surface area is 129 Å². The number of aryl methyl sites for hydroxylation is 1. The van der Waals surface area contributed by atoms with E-state index in [1.165, 1.54) is 6.92 Å². The molecule has 1 aromatic heterocycles. The fourth-order valence-corrected chi connectivity index (χ4v) is 2.02. The average Bonchev–Trinajstić information content (AvgIpc) is 2.92. The van der Waals surface area contributed by atoms with Crippen LogP contribution in [0.1, 0.15) is 46.1 Å². The fourth-order valence-electron chi connectivity index (χ4n) is 2.02. The second-order valence-electron chi connectivity index (χ2n) is 5.50. The van der Waals surface area contributed by atoms with Crippen LogP contribution in [0.2, 0.25) is 0 Å². The molecule has 0 fully saturated rings. The molecule has 1 heterocycles. The first-order valence-electron chi connectivity index (χ1n) is 6.98. The highest BCUT2D eigenvalue weighted by atomic mass is 16.4. The topological polar surface area (TPSA) is 79.5 Å². The second-order valence-corrected chi connectivity index (χ2v) is 5.50. The quantitative estimate of drug-likeness (QED) is 0.831. The minimum atomic E-state index is -1.29. The number of amides is 1. The molecule has 1 atom stereocenters. The molecule has 1 unspecified atom stereocenters. The number of rotatable bonds is 5. The van der Waals surface area contributed by atoms with Crippen LogP contribution in [-0.2, 0) is 5.60 Å². The molecule has 1 amide bonds. The van der Waals surface area contributed by atoms with Crippen molar-refractivity contribution >= 4 is 11.7 Å². The second kappa shape index (κ2) is 6.15. The summed E-state index contributed by atoms with van der Waals surface area (Å²) in [5, 5.41) is 13.0. The van der Waals surface area contributed by atoms with Gasteiger partial charge in [0.1, 0.15) is 17.1 Å². The van der Waals surface area contributed by atoms with Gasteiger partial charge >= 0.3 is 0 Å². The molecular weight excluding hydrogens is 282 g/mol. The standard InChI is InChI=1S/C17H19NO4/c1-11-4-9-15(22-11)17(3,21)10-18-16(20)14-7-5-13(6-8-14)12(2)19/h4-9,21H,10H2,1-3H3,(H,18,20). The molecule has 0 saturated heterocycles. The normalized spacial score (nSPS) is 13.5. The SMILES string of the molecule is CC(=O)c1ccc(C(=O)NCC(C)(O)c2ccc(C)o2)cc1. The first-order valence-corrected chi connectivity index (χ1v) is 6.98. The lowest BCUT2D eigenvalue weighted by Gasteiger charge is -2.21. The summed E-state index contributed by atoms with van der Waals surface area (Å²) in [5.41, 5.74) is -0.311. The van der Waals surface area contributed by atoms with E-state index in [1.54, 1.807) is 50.2 Å². The van der Waals surface area contributed by atoms with Gasteiger partial charge in [-0.3, -0.25) is 9.59 Å². The zero-order chi connectivity index (χ0) is 16.3. The van der Waals surface area contributed by atoms with E-state index in [4.69, 9.17) is 4.42 Å². The maximum absolute atomic E-state index is 12.1. The minimum Gasteiger partial charge on any atom is -0.463 e.